The summed E-state index contributed by atoms with van der Waals surface area (Å²) in [4.78, 5) is 10.9. The molecule has 0 N–H and O–H groups in total. The fourth-order valence-electron chi connectivity index (χ4n) is 2.06. The molecular formula is C12H12F3N7. The van der Waals surface area contributed by atoms with Crippen molar-refractivity contribution in [2.45, 2.75) is 6.18 Å². The van der Waals surface area contributed by atoms with Gasteiger partial charge < -0.3 is 9.80 Å². The molecule has 116 valence electrons. The Labute approximate surface area is 124 Å². The van der Waals surface area contributed by atoms with Crippen LogP contribution >= 0.6 is 0 Å². The summed E-state index contributed by atoms with van der Waals surface area (Å²) in [6, 6.07) is 1.85. The van der Waals surface area contributed by atoms with Gasteiger partial charge in [0.2, 0.25) is 5.84 Å². The van der Waals surface area contributed by atoms with Crippen molar-refractivity contribution < 1.29 is 13.2 Å². The molecule has 1 aliphatic heterocycles. The number of nitriles is 1. The number of aromatic nitrogens is 2. The summed E-state index contributed by atoms with van der Waals surface area (Å²) in [7, 11) is 0. The molecule has 2 heterocycles. The molecule has 7 nitrogen and oxygen atoms in total. The highest BCUT2D eigenvalue weighted by molar-refractivity contribution is 5.87. The molecular weight excluding hydrogens is 299 g/mol. The molecule has 1 saturated heterocycles. The average Bonchev–Trinajstić information content (AvgIpc) is 2.52. The van der Waals surface area contributed by atoms with E-state index in [1.54, 1.807) is 4.90 Å². The quantitative estimate of drug-likeness (QED) is 0.463. The molecule has 10 heteroatoms. The monoisotopic (exact) mass is 311 g/mol. The molecule has 1 fully saturated rings. The Hall–Kier alpha value is -2.70. The van der Waals surface area contributed by atoms with Crippen molar-refractivity contribution in [1.29, 1.82) is 5.26 Å². The normalized spacial score (nSPS) is 16.4. The molecule has 0 aliphatic carbocycles. The summed E-state index contributed by atoms with van der Waals surface area (Å²) in [6.07, 6.45) is -1.82. The van der Waals surface area contributed by atoms with Crippen LogP contribution in [-0.4, -0.2) is 59.8 Å². The highest BCUT2D eigenvalue weighted by Crippen LogP contribution is 2.22. The first-order valence-corrected chi connectivity index (χ1v) is 6.28. The van der Waals surface area contributed by atoms with E-state index in [1.165, 1.54) is 12.4 Å². The third-order valence-electron chi connectivity index (χ3n) is 3.07. The van der Waals surface area contributed by atoms with Gasteiger partial charge in [-0.15, -0.1) is 5.10 Å². The molecule has 0 spiro atoms. The second kappa shape index (κ2) is 6.38. The Bertz CT molecular complexity index is 595. The third-order valence-corrected chi connectivity index (χ3v) is 3.07. The summed E-state index contributed by atoms with van der Waals surface area (Å²) in [5, 5.41) is 14.7. The first-order valence-electron chi connectivity index (χ1n) is 6.28. The smallest absolute Gasteiger partial charge is 0.352 e. The third kappa shape index (κ3) is 3.49. The van der Waals surface area contributed by atoms with Crippen molar-refractivity contribution in [3.05, 3.63) is 18.1 Å². The molecule has 0 atom stereocenters. The van der Waals surface area contributed by atoms with E-state index in [0.717, 1.165) is 4.90 Å². The Morgan fingerprint density at radius 3 is 2.36 bits per heavy atom. The van der Waals surface area contributed by atoms with Gasteiger partial charge >= 0.3 is 6.18 Å². The molecule has 1 aliphatic rings. The molecule has 22 heavy (non-hydrogen) atoms. The predicted octanol–water partition coefficient (Wildman–Crippen LogP) is 1.05. The van der Waals surface area contributed by atoms with Crippen LogP contribution in [0.5, 0.6) is 0 Å². The molecule has 0 aromatic carbocycles. The topological polar surface area (TPSA) is 80.8 Å². The van der Waals surface area contributed by atoms with E-state index in [0.29, 0.717) is 18.9 Å². The van der Waals surface area contributed by atoms with Crippen molar-refractivity contribution >= 4 is 18.4 Å². The number of halogens is 3. The van der Waals surface area contributed by atoms with E-state index in [2.05, 4.69) is 26.9 Å². The SMILES string of the molecule is C=N/N=C(\N1CCN(c2cnc(C#N)cn2)CC1)C(F)(F)F. The molecule has 0 saturated carbocycles. The highest BCUT2D eigenvalue weighted by atomic mass is 19.4. The molecule has 1 aromatic heterocycles. The van der Waals surface area contributed by atoms with Crippen LogP contribution in [0.1, 0.15) is 5.69 Å². The van der Waals surface area contributed by atoms with E-state index in [9.17, 15) is 13.2 Å². The summed E-state index contributed by atoms with van der Waals surface area (Å²) in [5.41, 5.74) is 0.186. The van der Waals surface area contributed by atoms with Crippen LogP contribution in [-0.2, 0) is 0 Å². The Morgan fingerprint density at radius 1 is 1.23 bits per heavy atom. The van der Waals surface area contributed by atoms with Gasteiger partial charge in [0.1, 0.15) is 11.9 Å². The van der Waals surface area contributed by atoms with Crippen LogP contribution in [0.4, 0.5) is 19.0 Å². The van der Waals surface area contributed by atoms with Crippen LogP contribution in [0.25, 0.3) is 0 Å². The minimum absolute atomic E-state index is 0.121. The van der Waals surface area contributed by atoms with Gasteiger partial charge in [0, 0.05) is 32.9 Å². The van der Waals surface area contributed by atoms with E-state index in [1.807, 2.05) is 6.07 Å². The summed E-state index contributed by atoms with van der Waals surface area (Å²) in [6.45, 7) is 3.86. The van der Waals surface area contributed by atoms with Crippen molar-refractivity contribution in [2.24, 2.45) is 10.2 Å². The van der Waals surface area contributed by atoms with Gasteiger partial charge in [-0.05, 0) is 0 Å². The highest BCUT2D eigenvalue weighted by Gasteiger charge is 2.41. The van der Waals surface area contributed by atoms with E-state index >= 15 is 0 Å². The molecule has 0 unspecified atom stereocenters. The van der Waals surface area contributed by atoms with Gasteiger partial charge in [-0.25, -0.2) is 9.97 Å². The van der Waals surface area contributed by atoms with Gasteiger partial charge in [-0.3, -0.25) is 0 Å². The summed E-state index contributed by atoms with van der Waals surface area (Å²) >= 11 is 0. The van der Waals surface area contributed by atoms with Gasteiger partial charge in [-0.2, -0.15) is 23.5 Å². The molecule has 0 radical (unpaired) electrons. The van der Waals surface area contributed by atoms with E-state index in [4.69, 9.17) is 5.26 Å². The Balaban J connectivity index is 2.04. The molecule has 0 bridgehead atoms. The van der Waals surface area contributed by atoms with E-state index < -0.39 is 12.0 Å². The number of hydrogen-bond acceptors (Lipinski definition) is 6. The van der Waals surface area contributed by atoms with Crippen LogP contribution < -0.4 is 4.90 Å². The van der Waals surface area contributed by atoms with Crippen LogP contribution in [0.3, 0.4) is 0 Å². The minimum atomic E-state index is -4.57. The number of nitrogens with zero attached hydrogens (tertiary/aromatic N) is 7. The zero-order valence-corrected chi connectivity index (χ0v) is 11.5. The lowest BCUT2D eigenvalue weighted by Crippen LogP contribution is -2.52. The van der Waals surface area contributed by atoms with Crippen molar-refractivity contribution in [3.63, 3.8) is 0 Å². The number of amidine groups is 1. The Morgan fingerprint density at radius 2 is 1.91 bits per heavy atom. The number of hydrogen-bond donors (Lipinski definition) is 0. The lowest BCUT2D eigenvalue weighted by atomic mass is 10.3. The molecule has 2 rings (SSSR count). The zero-order valence-electron chi connectivity index (χ0n) is 11.5. The van der Waals surface area contributed by atoms with Crippen molar-refractivity contribution in [2.75, 3.05) is 31.1 Å². The lowest BCUT2D eigenvalue weighted by Gasteiger charge is -2.36. The Kier molecular flexibility index (Phi) is 4.55. The number of rotatable bonds is 2. The maximum Gasteiger partial charge on any atom is 0.451 e. The molecule has 0 amide bonds. The maximum atomic E-state index is 12.9. The van der Waals surface area contributed by atoms with Crippen molar-refractivity contribution in [3.8, 4) is 6.07 Å². The standard InChI is InChI=1S/C12H12F3N7/c1-17-20-11(12(13,14)15)22-4-2-21(3-5-22)10-8-18-9(6-16)7-19-10/h7-8H,1-5H2/b20-11-. The second-order valence-corrected chi connectivity index (χ2v) is 4.41. The average molecular weight is 311 g/mol. The van der Waals surface area contributed by atoms with Crippen molar-refractivity contribution in [1.82, 2.24) is 14.9 Å². The van der Waals surface area contributed by atoms with Gasteiger partial charge in [-0.1, -0.05) is 0 Å². The van der Waals surface area contributed by atoms with Gasteiger partial charge in [0.25, 0.3) is 0 Å². The maximum absolute atomic E-state index is 12.9. The molecule has 1 aromatic rings. The fourth-order valence-corrected chi connectivity index (χ4v) is 2.06. The largest absolute Gasteiger partial charge is 0.451 e. The first kappa shape index (κ1) is 15.7. The lowest BCUT2D eigenvalue weighted by molar-refractivity contribution is -0.0693. The van der Waals surface area contributed by atoms with Gasteiger partial charge in [0.05, 0.1) is 12.4 Å². The second-order valence-electron chi connectivity index (χ2n) is 4.41. The van der Waals surface area contributed by atoms with Crippen LogP contribution in [0, 0.1) is 11.3 Å². The van der Waals surface area contributed by atoms with E-state index in [-0.39, 0.29) is 18.8 Å². The fraction of sp³-hybridized carbons (Fsp3) is 0.417. The number of alkyl halides is 3. The number of piperazine rings is 1. The van der Waals surface area contributed by atoms with Gasteiger partial charge in [0.15, 0.2) is 5.69 Å². The number of anilines is 1. The van der Waals surface area contributed by atoms with Crippen LogP contribution in [0.15, 0.2) is 22.6 Å². The summed E-state index contributed by atoms with van der Waals surface area (Å²) < 4.78 is 38.6. The van der Waals surface area contributed by atoms with Crippen LogP contribution in [0.2, 0.25) is 0 Å². The first-order chi connectivity index (χ1) is 10.5. The summed E-state index contributed by atoms with van der Waals surface area (Å²) in [5.74, 6) is -0.529. The predicted molar refractivity (Wildman–Crippen MR) is 73.6 cm³/mol. The minimum Gasteiger partial charge on any atom is -0.352 e. The zero-order chi connectivity index (χ0) is 16.2.